The Morgan fingerprint density at radius 1 is 1.00 bits per heavy atom. The summed E-state index contributed by atoms with van der Waals surface area (Å²) in [4.78, 5) is 21.0. The summed E-state index contributed by atoms with van der Waals surface area (Å²) in [5.74, 6) is -2.91. The predicted octanol–water partition coefficient (Wildman–Crippen LogP) is 1.80. The molecule has 0 aliphatic carbocycles. The summed E-state index contributed by atoms with van der Waals surface area (Å²) in [6, 6.07) is 9.17. The summed E-state index contributed by atoms with van der Waals surface area (Å²) < 4.78 is 0. The van der Waals surface area contributed by atoms with E-state index in [4.69, 9.17) is 10.2 Å². The molecule has 1 rings (SSSR count). The molecule has 0 heterocycles. The molecule has 2 N–H and O–H groups in total. The number of rotatable bonds is 4. The minimum absolute atomic E-state index is 0.660. The molecule has 0 amide bonds. The van der Waals surface area contributed by atoms with Crippen LogP contribution in [0.3, 0.4) is 0 Å². The van der Waals surface area contributed by atoms with Gasteiger partial charge < -0.3 is 10.2 Å². The van der Waals surface area contributed by atoms with E-state index < -0.39 is 17.5 Å². The van der Waals surface area contributed by atoms with Gasteiger partial charge >= 0.3 is 11.9 Å². The maximum Gasteiger partial charge on any atom is 0.343 e. The van der Waals surface area contributed by atoms with Crippen molar-refractivity contribution in [2.45, 2.75) is 0 Å². The van der Waals surface area contributed by atoms with E-state index in [2.05, 4.69) is 0 Å². The number of carboxylic acids is 2. The maximum absolute atomic E-state index is 10.5. The van der Waals surface area contributed by atoms with E-state index in [0.29, 0.717) is 0 Å². The summed E-state index contributed by atoms with van der Waals surface area (Å²) in [6.45, 7) is 0. The summed E-state index contributed by atoms with van der Waals surface area (Å²) in [5.41, 5.74) is 0.209. The lowest BCUT2D eigenvalue weighted by molar-refractivity contribution is -0.140. The Balaban J connectivity index is 2.82. The summed E-state index contributed by atoms with van der Waals surface area (Å²) in [6.07, 6.45) is 4.08. The van der Waals surface area contributed by atoms with Crippen molar-refractivity contribution in [3.05, 3.63) is 53.6 Å². The van der Waals surface area contributed by atoms with Gasteiger partial charge in [-0.2, -0.15) is 0 Å². The van der Waals surface area contributed by atoms with Gasteiger partial charge in [0.25, 0.3) is 0 Å². The smallest absolute Gasteiger partial charge is 0.343 e. The van der Waals surface area contributed by atoms with Crippen molar-refractivity contribution < 1.29 is 19.8 Å². The van der Waals surface area contributed by atoms with Crippen molar-refractivity contribution in [3.63, 3.8) is 0 Å². The number of hydrogen-bond acceptors (Lipinski definition) is 2. The van der Waals surface area contributed by atoms with E-state index in [1.807, 2.05) is 30.3 Å². The predicted molar refractivity (Wildman–Crippen MR) is 58.8 cm³/mol. The molecule has 82 valence electrons. The number of carboxylic acid groups (broad SMARTS) is 2. The van der Waals surface area contributed by atoms with E-state index in [9.17, 15) is 9.59 Å². The van der Waals surface area contributed by atoms with E-state index in [1.54, 1.807) is 6.08 Å². The average Bonchev–Trinajstić information content (AvgIpc) is 2.24. The number of benzene rings is 1. The van der Waals surface area contributed by atoms with Crippen molar-refractivity contribution in [2.75, 3.05) is 0 Å². The summed E-state index contributed by atoms with van der Waals surface area (Å²) in [7, 11) is 0. The Bertz CT molecular complexity index is 427. The van der Waals surface area contributed by atoms with Gasteiger partial charge in [-0.3, -0.25) is 0 Å². The molecule has 0 saturated carbocycles. The third-order valence-electron chi connectivity index (χ3n) is 1.81. The molecule has 0 bridgehead atoms. The molecule has 4 heteroatoms. The number of allylic oxidation sites excluding steroid dienone is 2. The lowest BCUT2D eigenvalue weighted by atomic mass is 10.2. The molecule has 1 aromatic carbocycles. The van der Waals surface area contributed by atoms with Gasteiger partial charge in [-0.15, -0.1) is 0 Å². The lowest BCUT2D eigenvalue weighted by Crippen LogP contribution is -2.10. The molecule has 0 radical (unpaired) electrons. The van der Waals surface area contributed by atoms with Crippen LogP contribution in [0.4, 0.5) is 0 Å². The van der Waals surface area contributed by atoms with Gasteiger partial charge in [0.15, 0.2) is 0 Å². The van der Waals surface area contributed by atoms with E-state index in [1.165, 1.54) is 6.08 Å². The molecule has 0 aromatic heterocycles. The summed E-state index contributed by atoms with van der Waals surface area (Å²) in [5, 5.41) is 17.1. The molecular weight excluding hydrogens is 208 g/mol. The van der Waals surface area contributed by atoms with Crippen LogP contribution in [-0.4, -0.2) is 22.2 Å². The van der Waals surface area contributed by atoms with Crippen molar-refractivity contribution in [1.29, 1.82) is 0 Å². The highest BCUT2D eigenvalue weighted by atomic mass is 16.4. The second kappa shape index (κ2) is 5.50. The Hall–Kier alpha value is -2.36. The van der Waals surface area contributed by atoms with E-state index in [0.717, 1.165) is 11.6 Å². The van der Waals surface area contributed by atoms with Crippen LogP contribution in [0, 0.1) is 0 Å². The van der Waals surface area contributed by atoms with Gasteiger partial charge in [-0.25, -0.2) is 9.59 Å². The van der Waals surface area contributed by atoms with Crippen LogP contribution in [0.15, 0.2) is 48.1 Å². The van der Waals surface area contributed by atoms with Gasteiger partial charge in [0.05, 0.1) is 0 Å². The highest BCUT2D eigenvalue weighted by Gasteiger charge is 2.13. The minimum Gasteiger partial charge on any atom is -0.477 e. The van der Waals surface area contributed by atoms with Crippen molar-refractivity contribution in [2.24, 2.45) is 0 Å². The topological polar surface area (TPSA) is 74.6 Å². The molecule has 0 unspecified atom stereocenters. The zero-order chi connectivity index (χ0) is 12.0. The van der Waals surface area contributed by atoms with E-state index >= 15 is 0 Å². The van der Waals surface area contributed by atoms with Gasteiger partial charge in [-0.05, 0) is 11.6 Å². The van der Waals surface area contributed by atoms with Crippen molar-refractivity contribution >= 4 is 18.0 Å². The fraction of sp³-hybridized carbons (Fsp3) is 0. The Labute approximate surface area is 92.2 Å². The van der Waals surface area contributed by atoms with Gasteiger partial charge in [0.2, 0.25) is 0 Å². The van der Waals surface area contributed by atoms with Gasteiger partial charge in [-0.1, -0.05) is 42.5 Å². The van der Waals surface area contributed by atoms with Crippen LogP contribution in [-0.2, 0) is 9.59 Å². The highest BCUT2D eigenvalue weighted by molar-refractivity contribution is 6.12. The van der Waals surface area contributed by atoms with Crippen molar-refractivity contribution in [3.8, 4) is 0 Å². The first-order valence-corrected chi connectivity index (χ1v) is 4.51. The van der Waals surface area contributed by atoms with Crippen LogP contribution in [0.2, 0.25) is 0 Å². The minimum atomic E-state index is -1.45. The molecule has 0 atom stereocenters. The zero-order valence-corrected chi connectivity index (χ0v) is 8.33. The molecule has 4 nitrogen and oxygen atoms in total. The Morgan fingerprint density at radius 3 is 2.06 bits per heavy atom. The third-order valence-corrected chi connectivity index (χ3v) is 1.81. The summed E-state index contributed by atoms with van der Waals surface area (Å²) >= 11 is 0. The molecule has 0 fully saturated rings. The molecule has 0 aliphatic heterocycles. The Kier molecular flexibility index (Phi) is 4.03. The first kappa shape index (κ1) is 11.7. The van der Waals surface area contributed by atoms with Crippen LogP contribution in [0.1, 0.15) is 5.56 Å². The first-order valence-electron chi connectivity index (χ1n) is 4.51. The molecule has 0 saturated heterocycles. The van der Waals surface area contributed by atoms with E-state index in [-0.39, 0.29) is 0 Å². The number of aliphatic carboxylic acids is 2. The number of carbonyl (C=O) groups is 2. The van der Waals surface area contributed by atoms with Gasteiger partial charge in [0, 0.05) is 0 Å². The second-order valence-corrected chi connectivity index (χ2v) is 2.96. The standard InChI is InChI=1S/C12H10O4/c13-11(14)10(12(15)16)8-4-7-9-5-2-1-3-6-9/h1-8H,(H,13,14)(H,15,16)/b7-4-. The lowest BCUT2D eigenvalue weighted by Gasteiger charge is -1.92. The second-order valence-electron chi connectivity index (χ2n) is 2.96. The zero-order valence-electron chi connectivity index (χ0n) is 8.33. The van der Waals surface area contributed by atoms with Gasteiger partial charge in [0.1, 0.15) is 5.57 Å². The maximum atomic E-state index is 10.5. The largest absolute Gasteiger partial charge is 0.477 e. The Morgan fingerprint density at radius 2 is 1.56 bits per heavy atom. The monoisotopic (exact) mass is 218 g/mol. The molecular formula is C12H10O4. The van der Waals surface area contributed by atoms with Crippen LogP contribution in [0.5, 0.6) is 0 Å². The molecule has 16 heavy (non-hydrogen) atoms. The van der Waals surface area contributed by atoms with Crippen LogP contribution >= 0.6 is 0 Å². The number of hydrogen-bond donors (Lipinski definition) is 2. The quantitative estimate of drug-likeness (QED) is 0.349. The fourth-order valence-corrected chi connectivity index (χ4v) is 1.05. The highest BCUT2D eigenvalue weighted by Crippen LogP contribution is 2.02. The fourth-order valence-electron chi connectivity index (χ4n) is 1.05. The normalized spacial score (nSPS) is 10.0. The van der Waals surface area contributed by atoms with Crippen LogP contribution in [0.25, 0.3) is 6.08 Å². The molecule has 1 aromatic rings. The first-order chi connectivity index (χ1) is 7.61. The SMILES string of the molecule is O=C(O)C(=C/C=C\c1ccccc1)C(=O)O. The van der Waals surface area contributed by atoms with Crippen molar-refractivity contribution in [1.82, 2.24) is 0 Å². The average molecular weight is 218 g/mol. The van der Waals surface area contributed by atoms with Crippen LogP contribution < -0.4 is 0 Å². The molecule has 0 aliphatic rings. The third kappa shape index (κ3) is 3.42. The molecule has 0 spiro atoms.